The molecule has 1 aliphatic heterocycles. The second-order valence-corrected chi connectivity index (χ2v) is 5.43. The van der Waals surface area contributed by atoms with Gasteiger partial charge in [-0.3, -0.25) is 4.79 Å². The molecule has 0 radical (unpaired) electrons. The molecule has 0 unspecified atom stereocenters. The van der Waals surface area contributed by atoms with Gasteiger partial charge in [0.1, 0.15) is 5.75 Å². The zero-order valence-electron chi connectivity index (χ0n) is 14.4. The van der Waals surface area contributed by atoms with Crippen LogP contribution in [-0.2, 0) is 0 Å². The topological polar surface area (TPSA) is 41.6 Å². The lowest BCUT2D eigenvalue weighted by atomic mass is 10.2. The molecule has 1 aromatic carbocycles. The molecule has 0 saturated carbocycles. The van der Waals surface area contributed by atoms with Crippen LogP contribution in [0.1, 0.15) is 52.3 Å². The van der Waals surface area contributed by atoms with Crippen LogP contribution in [0.3, 0.4) is 0 Å². The predicted octanol–water partition coefficient (Wildman–Crippen LogP) is 3.57. The SMILES string of the molecule is CCC.CCN[C@@H]1CCN(C(=O)c2ccccc2OCC)C1.[HH]. The van der Waals surface area contributed by atoms with E-state index in [1.807, 2.05) is 36.1 Å². The van der Waals surface area contributed by atoms with Gasteiger partial charge in [-0.25, -0.2) is 0 Å². The Kier molecular flexibility index (Phi) is 8.60. The van der Waals surface area contributed by atoms with Gasteiger partial charge in [-0.05, 0) is 32.0 Å². The van der Waals surface area contributed by atoms with E-state index in [0.29, 0.717) is 24.0 Å². The van der Waals surface area contributed by atoms with E-state index in [4.69, 9.17) is 4.74 Å². The molecule has 1 aromatic rings. The summed E-state index contributed by atoms with van der Waals surface area (Å²) < 4.78 is 5.53. The lowest BCUT2D eigenvalue weighted by Gasteiger charge is -2.18. The van der Waals surface area contributed by atoms with E-state index in [9.17, 15) is 4.79 Å². The predicted molar refractivity (Wildman–Crippen MR) is 93.7 cm³/mol. The van der Waals surface area contributed by atoms with Gasteiger partial charge in [0, 0.05) is 20.6 Å². The molecule has 1 fully saturated rings. The lowest BCUT2D eigenvalue weighted by molar-refractivity contribution is 0.0785. The van der Waals surface area contributed by atoms with Crippen molar-refractivity contribution in [3.8, 4) is 5.75 Å². The van der Waals surface area contributed by atoms with Crippen molar-refractivity contribution >= 4 is 5.91 Å². The molecule has 2 rings (SSSR count). The van der Waals surface area contributed by atoms with E-state index in [0.717, 1.165) is 26.1 Å². The summed E-state index contributed by atoms with van der Waals surface area (Å²) in [6, 6.07) is 7.90. The van der Waals surface area contributed by atoms with Crippen molar-refractivity contribution in [3.05, 3.63) is 29.8 Å². The molecule has 1 atom stereocenters. The monoisotopic (exact) mass is 308 g/mol. The van der Waals surface area contributed by atoms with Crippen LogP contribution >= 0.6 is 0 Å². The Balaban J connectivity index is 0.00000112. The van der Waals surface area contributed by atoms with Crippen molar-refractivity contribution in [2.75, 3.05) is 26.2 Å². The van der Waals surface area contributed by atoms with Crippen molar-refractivity contribution in [2.24, 2.45) is 0 Å². The Labute approximate surface area is 136 Å². The third kappa shape index (κ3) is 5.34. The molecule has 4 nitrogen and oxygen atoms in total. The molecule has 126 valence electrons. The third-order valence-electron chi connectivity index (χ3n) is 3.39. The lowest BCUT2D eigenvalue weighted by Crippen LogP contribution is -2.35. The molecule has 0 spiro atoms. The maximum absolute atomic E-state index is 12.5. The van der Waals surface area contributed by atoms with Crippen LogP contribution in [-0.4, -0.2) is 43.1 Å². The van der Waals surface area contributed by atoms with E-state index in [2.05, 4.69) is 26.1 Å². The number of ether oxygens (including phenoxy) is 1. The molecule has 1 N–H and O–H groups in total. The van der Waals surface area contributed by atoms with E-state index in [1.54, 1.807) is 0 Å². The Morgan fingerprint density at radius 2 is 2.00 bits per heavy atom. The van der Waals surface area contributed by atoms with Gasteiger partial charge in [-0.2, -0.15) is 0 Å². The fourth-order valence-corrected chi connectivity index (χ4v) is 2.50. The molecule has 1 aliphatic rings. The largest absolute Gasteiger partial charge is 0.493 e. The molecule has 4 heteroatoms. The molecular weight excluding hydrogens is 276 g/mol. The highest BCUT2D eigenvalue weighted by Gasteiger charge is 2.27. The van der Waals surface area contributed by atoms with Gasteiger partial charge in [-0.15, -0.1) is 0 Å². The smallest absolute Gasteiger partial charge is 0.257 e. The number of nitrogens with one attached hydrogen (secondary N) is 1. The second-order valence-electron chi connectivity index (χ2n) is 5.43. The Bertz CT molecular complexity index is 454. The number of hydrogen-bond acceptors (Lipinski definition) is 3. The fraction of sp³-hybridized carbons (Fsp3) is 0.611. The third-order valence-corrected chi connectivity index (χ3v) is 3.39. The number of benzene rings is 1. The summed E-state index contributed by atoms with van der Waals surface area (Å²) in [6.07, 6.45) is 2.27. The van der Waals surface area contributed by atoms with Gasteiger partial charge in [0.15, 0.2) is 0 Å². The van der Waals surface area contributed by atoms with Gasteiger partial charge < -0.3 is 15.0 Å². The molecule has 22 heavy (non-hydrogen) atoms. The minimum Gasteiger partial charge on any atom is -0.493 e. The van der Waals surface area contributed by atoms with Crippen molar-refractivity contribution in [2.45, 2.75) is 46.6 Å². The number of hydrogen-bond donors (Lipinski definition) is 1. The number of para-hydroxylation sites is 1. The normalized spacial score (nSPS) is 16.9. The Morgan fingerprint density at radius 1 is 1.32 bits per heavy atom. The van der Waals surface area contributed by atoms with Crippen molar-refractivity contribution in [1.82, 2.24) is 10.2 Å². The maximum atomic E-state index is 12.5. The van der Waals surface area contributed by atoms with Gasteiger partial charge >= 0.3 is 0 Å². The summed E-state index contributed by atoms with van der Waals surface area (Å²) in [5, 5.41) is 3.40. The zero-order chi connectivity index (χ0) is 16.4. The summed E-state index contributed by atoms with van der Waals surface area (Å²) in [4.78, 5) is 14.4. The highest BCUT2D eigenvalue weighted by molar-refractivity contribution is 5.97. The zero-order valence-corrected chi connectivity index (χ0v) is 14.4. The first kappa shape index (κ1) is 18.5. The van der Waals surface area contributed by atoms with Crippen molar-refractivity contribution < 1.29 is 11.0 Å². The van der Waals surface area contributed by atoms with Crippen LogP contribution in [0.15, 0.2) is 24.3 Å². The number of nitrogens with zero attached hydrogens (tertiary/aromatic N) is 1. The molecule has 1 amide bonds. The van der Waals surface area contributed by atoms with Crippen molar-refractivity contribution in [1.29, 1.82) is 0 Å². The Morgan fingerprint density at radius 3 is 2.64 bits per heavy atom. The molecule has 0 aliphatic carbocycles. The van der Waals surface area contributed by atoms with Crippen molar-refractivity contribution in [3.63, 3.8) is 0 Å². The summed E-state index contributed by atoms with van der Waals surface area (Å²) in [5.41, 5.74) is 0.668. The summed E-state index contributed by atoms with van der Waals surface area (Å²) in [6.45, 7) is 11.4. The number of likely N-dealkylation sites (N-methyl/N-ethyl adjacent to an activating group) is 1. The van der Waals surface area contributed by atoms with Crippen LogP contribution in [0.4, 0.5) is 0 Å². The standard InChI is InChI=1S/C15H22N2O2.C3H8.H2/c1-3-16-12-9-10-17(11-12)15(18)13-7-5-6-8-14(13)19-4-2;1-3-2;/h5-8,12,16H,3-4,9-11H2,1-2H3;3H2,1-2H3;1H/t12-;;/m1../s1. The number of carbonyl (C=O) groups is 1. The van der Waals surface area contributed by atoms with Crippen LogP contribution < -0.4 is 10.1 Å². The Hall–Kier alpha value is -1.55. The molecule has 1 saturated heterocycles. The highest BCUT2D eigenvalue weighted by atomic mass is 16.5. The molecule has 0 bridgehead atoms. The van der Waals surface area contributed by atoms with E-state index in [1.165, 1.54) is 6.42 Å². The first-order valence-electron chi connectivity index (χ1n) is 8.42. The maximum Gasteiger partial charge on any atom is 0.257 e. The van der Waals surface area contributed by atoms with Gasteiger partial charge in [0.2, 0.25) is 0 Å². The quantitative estimate of drug-likeness (QED) is 0.904. The summed E-state index contributed by atoms with van der Waals surface area (Å²) >= 11 is 0. The number of amides is 1. The molecule has 1 heterocycles. The van der Waals surface area contributed by atoms with E-state index < -0.39 is 0 Å². The average molecular weight is 308 g/mol. The van der Waals surface area contributed by atoms with E-state index in [-0.39, 0.29) is 7.33 Å². The minimum atomic E-state index is 0. The number of carbonyl (C=O) groups excluding carboxylic acids is 1. The fourth-order valence-electron chi connectivity index (χ4n) is 2.50. The minimum absolute atomic E-state index is 0. The van der Waals surface area contributed by atoms with Gasteiger partial charge in [0.05, 0.1) is 12.2 Å². The summed E-state index contributed by atoms with van der Waals surface area (Å²) in [5.74, 6) is 0.756. The van der Waals surface area contributed by atoms with Crippen LogP contribution in [0.2, 0.25) is 0 Å². The van der Waals surface area contributed by atoms with Gasteiger partial charge in [-0.1, -0.05) is 39.3 Å². The summed E-state index contributed by atoms with van der Waals surface area (Å²) in [7, 11) is 0. The average Bonchev–Trinajstić information content (AvgIpc) is 2.97. The molecule has 0 aromatic heterocycles. The van der Waals surface area contributed by atoms with Crippen LogP contribution in [0, 0.1) is 0 Å². The highest BCUT2D eigenvalue weighted by Crippen LogP contribution is 2.22. The first-order chi connectivity index (χ1) is 10.7. The van der Waals surface area contributed by atoms with E-state index >= 15 is 0 Å². The molecular formula is C18H32N2O2. The van der Waals surface area contributed by atoms with Gasteiger partial charge in [0.25, 0.3) is 5.91 Å². The van der Waals surface area contributed by atoms with Crippen LogP contribution in [0.25, 0.3) is 0 Å². The number of rotatable bonds is 5. The van der Waals surface area contributed by atoms with Crippen LogP contribution in [0.5, 0.6) is 5.75 Å². The number of likely N-dealkylation sites (tertiary alicyclic amines) is 1. The first-order valence-corrected chi connectivity index (χ1v) is 8.42. The second kappa shape index (κ2) is 10.2.